The lowest BCUT2D eigenvalue weighted by molar-refractivity contribution is 0.129. The maximum absolute atomic E-state index is 10.2. The van der Waals surface area contributed by atoms with E-state index in [4.69, 9.17) is 0 Å². The van der Waals surface area contributed by atoms with E-state index in [1.807, 2.05) is 0 Å². The average molecular weight is 289 g/mol. The van der Waals surface area contributed by atoms with Gasteiger partial charge in [0, 0.05) is 12.1 Å². The van der Waals surface area contributed by atoms with Crippen molar-refractivity contribution in [3.8, 4) is 0 Å². The van der Waals surface area contributed by atoms with E-state index in [1.165, 1.54) is 31.2 Å². The zero-order valence-electron chi connectivity index (χ0n) is 13.6. The molecule has 1 aromatic carbocycles. The molecular weight excluding hydrogens is 258 g/mol. The third-order valence-electron chi connectivity index (χ3n) is 4.78. The quantitative estimate of drug-likeness (QED) is 0.760. The van der Waals surface area contributed by atoms with Gasteiger partial charge in [0.1, 0.15) is 0 Å². The molecule has 0 aromatic heterocycles. The Kier molecular flexibility index (Phi) is 6.25. The summed E-state index contributed by atoms with van der Waals surface area (Å²) in [5.74, 6) is 0.759. The molecule has 1 saturated carbocycles. The largest absolute Gasteiger partial charge is 0.392 e. The highest BCUT2D eigenvalue weighted by molar-refractivity contribution is 5.15. The van der Waals surface area contributed by atoms with Crippen molar-refractivity contribution < 1.29 is 5.11 Å². The summed E-state index contributed by atoms with van der Waals surface area (Å²) < 4.78 is 0. The van der Waals surface area contributed by atoms with Crippen LogP contribution >= 0.6 is 0 Å². The monoisotopic (exact) mass is 289 g/mol. The Balaban J connectivity index is 1.67. The van der Waals surface area contributed by atoms with Crippen molar-refractivity contribution in [2.24, 2.45) is 5.92 Å². The van der Waals surface area contributed by atoms with Crippen LogP contribution in [0.1, 0.15) is 57.9 Å². The standard InChI is InChI=1S/C19H31NO/c1-19(2,13-12-16-8-4-3-5-9-16)20-15-18(21)14-17-10-6-7-11-17/h3-5,8-9,17-18,20-21H,6-7,10-15H2,1-2H3. The van der Waals surface area contributed by atoms with Crippen molar-refractivity contribution >= 4 is 0 Å². The fourth-order valence-electron chi connectivity index (χ4n) is 3.30. The predicted octanol–water partition coefficient (Wildman–Crippen LogP) is 3.93. The Labute approximate surface area is 130 Å². The van der Waals surface area contributed by atoms with Crippen molar-refractivity contribution in [2.75, 3.05) is 6.54 Å². The normalized spacial score (nSPS) is 18.0. The molecule has 0 spiro atoms. The fourth-order valence-corrected chi connectivity index (χ4v) is 3.30. The van der Waals surface area contributed by atoms with E-state index in [-0.39, 0.29) is 11.6 Å². The molecule has 1 aliphatic carbocycles. The van der Waals surface area contributed by atoms with Gasteiger partial charge in [-0.15, -0.1) is 0 Å². The topological polar surface area (TPSA) is 32.3 Å². The Morgan fingerprint density at radius 3 is 2.52 bits per heavy atom. The summed E-state index contributed by atoms with van der Waals surface area (Å²) in [5.41, 5.74) is 1.46. The number of aryl methyl sites for hydroxylation is 1. The number of aliphatic hydroxyl groups is 1. The van der Waals surface area contributed by atoms with Gasteiger partial charge in [0.2, 0.25) is 0 Å². The van der Waals surface area contributed by atoms with Gasteiger partial charge >= 0.3 is 0 Å². The van der Waals surface area contributed by atoms with E-state index >= 15 is 0 Å². The molecule has 0 radical (unpaired) electrons. The smallest absolute Gasteiger partial charge is 0.0667 e. The van der Waals surface area contributed by atoms with Crippen LogP contribution in [0.4, 0.5) is 0 Å². The second-order valence-corrected chi connectivity index (χ2v) is 7.29. The van der Waals surface area contributed by atoms with Gasteiger partial charge in [0.25, 0.3) is 0 Å². The molecule has 2 N–H and O–H groups in total. The number of hydrogen-bond acceptors (Lipinski definition) is 2. The molecule has 1 aliphatic rings. The number of benzene rings is 1. The first-order chi connectivity index (χ1) is 10.1. The highest BCUT2D eigenvalue weighted by atomic mass is 16.3. The molecule has 2 heteroatoms. The van der Waals surface area contributed by atoms with Crippen molar-refractivity contribution in [3.05, 3.63) is 35.9 Å². The van der Waals surface area contributed by atoms with Gasteiger partial charge in [-0.2, -0.15) is 0 Å². The lowest BCUT2D eigenvalue weighted by Gasteiger charge is -2.28. The van der Waals surface area contributed by atoms with Gasteiger partial charge in [-0.05, 0) is 44.6 Å². The lowest BCUT2D eigenvalue weighted by Crippen LogP contribution is -2.44. The zero-order valence-corrected chi connectivity index (χ0v) is 13.6. The van der Waals surface area contributed by atoms with Crippen LogP contribution in [0.25, 0.3) is 0 Å². The van der Waals surface area contributed by atoms with E-state index < -0.39 is 0 Å². The summed E-state index contributed by atoms with van der Waals surface area (Å²) in [7, 11) is 0. The van der Waals surface area contributed by atoms with Gasteiger partial charge in [-0.1, -0.05) is 56.0 Å². The third kappa shape index (κ3) is 6.19. The van der Waals surface area contributed by atoms with Crippen molar-refractivity contribution in [3.63, 3.8) is 0 Å². The average Bonchev–Trinajstić information content (AvgIpc) is 2.97. The SMILES string of the molecule is CC(C)(CCc1ccccc1)NCC(O)CC1CCCC1. The Bertz CT molecular complexity index is 395. The number of hydrogen-bond donors (Lipinski definition) is 2. The molecule has 2 nitrogen and oxygen atoms in total. The second-order valence-electron chi connectivity index (χ2n) is 7.29. The molecule has 2 rings (SSSR count). The van der Waals surface area contributed by atoms with Crippen molar-refractivity contribution in [1.82, 2.24) is 5.32 Å². The van der Waals surface area contributed by atoms with Gasteiger partial charge in [-0.25, -0.2) is 0 Å². The first-order valence-electron chi connectivity index (χ1n) is 8.52. The molecule has 0 amide bonds. The summed E-state index contributed by atoms with van der Waals surface area (Å²) >= 11 is 0. The molecule has 1 unspecified atom stereocenters. The summed E-state index contributed by atoms with van der Waals surface area (Å²) in [4.78, 5) is 0. The molecule has 118 valence electrons. The second kappa shape index (κ2) is 7.95. The minimum atomic E-state index is -0.191. The minimum absolute atomic E-state index is 0.0759. The third-order valence-corrected chi connectivity index (χ3v) is 4.78. The van der Waals surface area contributed by atoms with Gasteiger partial charge in [0.15, 0.2) is 0 Å². The van der Waals surface area contributed by atoms with Gasteiger partial charge in [-0.3, -0.25) is 0 Å². The summed E-state index contributed by atoms with van der Waals surface area (Å²) in [5, 5.41) is 13.7. The maximum atomic E-state index is 10.2. The van der Waals surface area contributed by atoms with E-state index in [9.17, 15) is 5.11 Å². The lowest BCUT2D eigenvalue weighted by atomic mass is 9.94. The molecule has 1 aromatic rings. The van der Waals surface area contributed by atoms with Crippen molar-refractivity contribution in [2.45, 2.75) is 70.4 Å². The van der Waals surface area contributed by atoms with E-state index in [0.29, 0.717) is 0 Å². The summed E-state index contributed by atoms with van der Waals surface area (Å²) in [6.07, 6.45) is 8.29. The first-order valence-corrected chi connectivity index (χ1v) is 8.52. The molecule has 0 heterocycles. The van der Waals surface area contributed by atoms with Crippen LogP contribution in [0.3, 0.4) is 0 Å². The molecule has 1 atom stereocenters. The number of rotatable bonds is 8. The predicted molar refractivity (Wildman–Crippen MR) is 89.4 cm³/mol. The van der Waals surface area contributed by atoms with E-state index in [2.05, 4.69) is 49.5 Å². The highest BCUT2D eigenvalue weighted by Gasteiger charge is 2.22. The van der Waals surface area contributed by atoms with Crippen LogP contribution in [0.5, 0.6) is 0 Å². The minimum Gasteiger partial charge on any atom is -0.392 e. The van der Waals surface area contributed by atoms with Crippen molar-refractivity contribution in [1.29, 1.82) is 0 Å². The maximum Gasteiger partial charge on any atom is 0.0667 e. The van der Waals surface area contributed by atoms with Crippen LogP contribution in [-0.4, -0.2) is 23.3 Å². The molecule has 21 heavy (non-hydrogen) atoms. The molecule has 0 bridgehead atoms. The first kappa shape index (κ1) is 16.5. The Morgan fingerprint density at radius 1 is 1.19 bits per heavy atom. The molecule has 0 aliphatic heterocycles. The van der Waals surface area contributed by atoms with Crippen LogP contribution in [0, 0.1) is 5.92 Å². The molecule has 0 saturated heterocycles. The Hall–Kier alpha value is -0.860. The summed E-state index contributed by atoms with van der Waals surface area (Å²) in [6, 6.07) is 10.6. The van der Waals surface area contributed by atoms with Gasteiger partial charge in [0.05, 0.1) is 6.10 Å². The van der Waals surface area contributed by atoms with Crippen LogP contribution in [0.2, 0.25) is 0 Å². The van der Waals surface area contributed by atoms with Crippen LogP contribution in [0.15, 0.2) is 30.3 Å². The van der Waals surface area contributed by atoms with E-state index in [0.717, 1.165) is 31.7 Å². The zero-order chi connectivity index (χ0) is 15.1. The van der Waals surface area contributed by atoms with E-state index in [1.54, 1.807) is 0 Å². The number of nitrogens with one attached hydrogen (secondary N) is 1. The Morgan fingerprint density at radius 2 is 1.86 bits per heavy atom. The molecular formula is C19H31NO. The fraction of sp³-hybridized carbons (Fsp3) is 0.684. The highest BCUT2D eigenvalue weighted by Crippen LogP contribution is 2.28. The van der Waals surface area contributed by atoms with Crippen LogP contribution in [-0.2, 0) is 6.42 Å². The number of aliphatic hydroxyl groups excluding tert-OH is 1. The van der Waals surface area contributed by atoms with Crippen LogP contribution < -0.4 is 5.32 Å². The number of β-amino-alcohol motifs (C(OH)–C–C–N with tert-alkyl or cyclic N) is 1. The summed E-state index contributed by atoms with van der Waals surface area (Å²) in [6.45, 7) is 5.19. The van der Waals surface area contributed by atoms with Gasteiger partial charge < -0.3 is 10.4 Å². The molecule has 1 fully saturated rings.